The van der Waals surface area contributed by atoms with Gasteiger partial charge in [0.15, 0.2) is 6.79 Å². The highest BCUT2D eigenvalue weighted by Crippen LogP contribution is 2.24. The number of hydrogen-bond donors (Lipinski definition) is 1. The minimum Gasteiger partial charge on any atom is -0.467 e. The van der Waals surface area contributed by atoms with Gasteiger partial charge in [0.1, 0.15) is 11.3 Å². The molecule has 1 aromatic carbocycles. The number of rotatable bonds is 2. The lowest BCUT2D eigenvalue weighted by Crippen LogP contribution is -2.03. The van der Waals surface area contributed by atoms with Crippen LogP contribution in [0.25, 0.3) is 11.0 Å². The van der Waals surface area contributed by atoms with E-state index in [1.54, 1.807) is 31.2 Å². The largest absolute Gasteiger partial charge is 0.467 e. The molecule has 0 aliphatic carbocycles. The average Bonchev–Trinajstić information content (AvgIpc) is 2.21. The van der Waals surface area contributed by atoms with Crippen LogP contribution in [0.1, 0.15) is 5.56 Å². The van der Waals surface area contributed by atoms with E-state index in [1.807, 2.05) is 0 Å². The third-order valence-electron chi connectivity index (χ3n) is 2.13. The SMILES string of the molecule is Cc1cc2c(OCO)cccc2oc1=O. The van der Waals surface area contributed by atoms with Crippen LogP contribution >= 0.6 is 0 Å². The zero-order valence-corrected chi connectivity index (χ0v) is 8.19. The third kappa shape index (κ3) is 1.71. The molecule has 4 heteroatoms. The second-order valence-electron chi connectivity index (χ2n) is 3.16. The van der Waals surface area contributed by atoms with Gasteiger partial charge in [-0.15, -0.1) is 0 Å². The molecule has 2 aromatic rings. The van der Waals surface area contributed by atoms with Crippen molar-refractivity contribution in [2.45, 2.75) is 6.92 Å². The summed E-state index contributed by atoms with van der Waals surface area (Å²) < 4.78 is 10.1. The summed E-state index contributed by atoms with van der Waals surface area (Å²) in [7, 11) is 0. The van der Waals surface area contributed by atoms with Crippen LogP contribution in [0.3, 0.4) is 0 Å². The van der Waals surface area contributed by atoms with E-state index in [9.17, 15) is 4.79 Å². The normalized spacial score (nSPS) is 10.5. The summed E-state index contributed by atoms with van der Waals surface area (Å²) in [5, 5.41) is 9.37. The number of aryl methyl sites for hydroxylation is 1. The van der Waals surface area contributed by atoms with E-state index in [0.717, 1.165) is 0 Å². The van der Waals surface area contributed by atoms with Gasteiger partial charge in [-0.05, 0) is 25.1 Å². The number of hydrogen-bond acceptors (Lipinski definition) is 4. The Bertz CT molecular complexity index is 542. The van der Waals surface area contributed by atoms with E-state index in [4.69, 9.17) is 14.3 Å². The molecule has 0 radical (unpaired) electrons. The maximum Gasteiger partial charge on any atom is 0.339 e. The number of aliphatic hydroxyl groups is 1. The summed E-state index contributed by atoms with van der Waals surface area (Å²) in [6.07, 6.45) is 0. The van der Waals surface area contributed by atoms with Gasteiger partial charge in [0, 0.05) is 5.56 Å². The van der Waals surface area contributed by atoms with Crippen molar-refractivity contribution in [3.8, 4) is 5.75 Å². The summed E-state index contributed by atoms with van der Waals surface area (Å²) in [6, 6.07) is 6.77. The smallest absolute Gasteiger partial charge is 0.339 e. The molecule has 15 heavy (non-hydrogen) atoms. The Kier molecular flexibility index (Phi) is 2.43. The fraction of sp³-hybridized carbons (Fsp3) is 0.182. The monoisotopic (exact) mass is 206 g/mol. The quantitative estimate of drug-likeness (QED) is 0.596. The molecule has 0 bridgehead atoms. The zero-order chi connectivity index (χ0) is 10.8. The molecule has 4 nitrogen and oxygen atoms in total. The summed E-state index contributed by atoms with van der Waals surface area (Å²) in [5.41, 5.74) is 0.608. The highest BCUT2D eigenvalue weighted by molar-refractivity contribution is 5.83. The fourth-order valence-corrected chi connectivity index (χ4v) is 1.41. The molecule has 0 atom stereocenters. The van der Waals surface area contributed by atoms with Crippen LogP contribution in [0.5, 0.6) is 5.75 Å². The molecule has 1 aromatic heterocycles. The molecular formula is C11H10O4. The van der Waals surface area contributed by atoms with E-state index in [2.05, 4.69) is 0 Å². The first kappa shape index (κ1) is 9.73. The summed E-state index contributed by atoms with van der Waals surface area (Å²) in [6.45, 7) is 1.26. The fourth-order valence-electron chi connectivity index (χ4n) is 1.41. The molecular weight excluding hydrogens is 196 g/mol. The topological polar surface area (TPSA) is 59.7 Å². The third-order valence-corrected chi connectivity index (χ3v) is 2.13. The Morgan fingerprint density at radius 3 is 3.00 bits per heavy atom. The van der Waals surface area contributed by atoms with Gasteiger partial charge in [-0.3, -0.25) is 0 Å². The number of aliphatic hydroxyl groups excluding tert-OH is 1. The maximum absolute atomic E-state index is 11.2. The molecule has 0 unspecified atom stereocenters. The molecule has 0 amide bonds. The minimum absolute atomic E-state index is 0.358. The van der Waals surface area contributed by atoms with Crippen LogP contribution in [-0.4, -0.2) is 11.9 Å². The Morgan fingerprint density at radius 1 is 1.47 bits per heavy atom. The minimum atomic E-state index is -0.405. The van der Waals surface area contributed by atoms with Crippen LogP contribution in [0.2, 0.25) is 0 Å². The van der Waals surface area contributed by atoms with Gasteiger partial charge < -0.3 is 14.3 Å². The first-order valence-corrected chi connectivity index (χ1v) is 4.49. The number of ether oxygens (including phenoxy) is 1. The van der Waals surface area contributed by atoms with Crippen LogP contribution in [0, 0.1) is 6.92 Å². The predicted molar refractivity (Wildman–Crippen MR) is 54.9 cm³/mol. The van der Waals surface area contributed by atoms with E-state index >= 15 is 0 Å². The summed E-state index contributed by atoms with van der Waals surface area (Å²) >= 11 is 0. The van der Waals surface area contributed by atoms with E-state index in [1.165, 1.54) is 0 Å². The van der Waals surface area contributed by atoms with Crippen LogP contribution in [0.4, 0.5) is 0 Å². The molecule has 0 aliphatic heterocycles. The molecule has 2 rings (SSSR count). The summed E-state index contributed by atoms with van der Waals surface area (Å²) in [4.78, 5) is 11.2. The van der Waals surface area contributed by atoms with Crippen molar-refractivity contribution in [2.75, 3.05) is 6.79 Å². The Balaban J connectivity index is 2.74. The lowest BCUT2D eigenvalue weighted by atomic mass is 10.2. The lowest BCUT2D eigenvalue weighted by molar-refractivity contribution is 0.0999. The van der Waals surface area contributed by atoms with Crippen molar-refractivity contribution >= 4 is 11.0 Å². The van der Waals surface area contributed by atoms with Crippen LogP contribution < -0.4 is 10.4 Å². The first-order chi connectivity index (χ1) is 7.22. The Hall–Kier alpha value is -1.81. The van der Waals surface area contributed by atoms with Gasteiger partial charge in [0.2, 0.25) is 0 Å². The van der Waals surface area contributed by atoms with Gasteiger partial charge in [-0.1, -0.05) is 6.07 Å². The molecule has 1 heterocycles. The van der Waals surface area contributed by atoms with E-state index < -0.39 is 6.79 Å². The van der Waals surface area contributed by atoms with Gasteiger partial charge in [-0.25, -0.2) is 4.79 Å². The van der Waals surface area contributed by atoms with Crippen molar-refractivity contribution in [1.82, 2.24) is 0 Å². The number of fused-ring (bicyclic) bond motifs is 1. The van der Waals surface area contributed by atoms with E-state index in [-0.39, 0.29) is 5.63 Å². The second-order valence-corrected chi connectivity index (χ2v) is 3.16. The van der Waals surface area contributed by atoms with Gasteiger partial charge in [-0.2, -0.15) is 0 Å². The molecule has 0 saturated heterocycles. The van der Waals surface area contributed by atoms with Crippen molar-refractivity contribution in [2.24, 2.45) is 0 Å². The van der Waals surface area contributed by atoms with E-state index in [0.29, 0.717) is 22.3 Å². The van der Waals surface area contributed by atoms with Gasteiger partial charge in [0.05, 0.1) is 5.39 Å². The molecule has 0 fully saturated rings. The van der Waals surface area contributed by atoms with Crippen LogP contribution in [-0.2, 0) is 0 Å². The standard InChI is InChI=1S/C11H10O4/c1-7-5-8-9(14-6-12)3-2-4-10(8)15-11(7)13/h2-5,12H,6H2,1H3. The number of benzene rings is 1. The molecule has 0 aliphatic rings. The average molecular weight is 206 g/mol. The van der Waals surface area contributed by atoms with Gasteiger partial charge >= 0.3 is 5.63 Å². The Labute approximate surface area is 85.7 Å². The highest BCUT2D eigenvalue weighted by Gasteiger charge is 2.06. The van der Waals surface area contributed by atoms with Crippen molar-refractivity contribution < 1.29 is 14.3 Å². The summed E-state index contributed by atoms with van der Waals surface area (Å²) in [5.74, 6) is 0.502. The first-order valence-electron chi connectivity index (χ1n) is 4.49. The zero-order valence-electron chi connectivity index (χ0n) is 8.19. The van der Waals surface area contributed by atoms with Crippen molar-refractivity contribution in [3.05, 3.63) is 40.2 Å². The highest BCUT2D eigenvalue weighted by atomic mass is 16.6. The molecule has 0 saturated carbocycles. The van der Waals surface area contributed by atoms with Crippen molar-refractivity contribution in [1.29, 1.82) is 0 Å². The van der Waals surface area contributed by atoms with Crippen LogP contribution in [0.15, 0.2) is 33.5 Å². The second kappa shape index (κ2) is 3.74. The molecule has 0 spiro atoms. The lowest BCUT2D eigenvalue weighted by Gasteiger charge is -2.05. The maximum atomic E-state index is 11.2. The molecule has 1 N–H and O–H groups in total. The van der Waals surface area contributed by atoms with Gasteiger partial charge in [0.25, 0.3) is 0 Å². The predicted octanol–water partition coefficient (Wildman–Crippen LogP) is 1.43. The molecule has 78 valence electrons. The Morgan fingerprint density at radius 2 is 2.27 bits per heavy atom. The van der Waals surface area contributed by atoms with Crippen molar-refractivity contribution in [3.63, 3.8) is 0 Å².